The molecule has 0 saturated heterocycles. The minimum absolute atomic E-state index is 0.0202. The molecule has 28 heavy (non-hydrogen) atoms. The number of para-hydroxylation sites is 2. The van der Waals surface area contributed by atoms with E-state index in [1.165, 1.54) is 25.6 Å². The molecule has 0 unspecified atom stereocenters. The van der Waals surface area contributed by atoms with Crippen LogP contribution in [0.5, 0.6) is 5.75 Å². The summed E-state index contributed by atoms with van der Waals surface area (Å²) in [5.41, 5.74) is 6.48. The number of hydrogen-bond acceptors (Lipinski definition) is 8. The zero-order valence-electron chi connectivity index (χ0n) is 14.7. The maximum atomic E-state index is 12.8. The number of ether oxygens (including phenoxy) is 1. The lowest BCUT2D eigenvalue weighted by Gasteiger charge is -2.12. The molecule has 0 atom stereocenters. The highest BCUT2D eigenvalue weighted by molar-refractivity contribution is 7.99. The van der Waals surface area contributed by atoms with E-state index in [-0.39, 0.29) is 17.1 Å². The number of amides is 1. The van der Waals surface area contributed by atoms with Crippen molar-refractivity contribution in [2.24, 2.45) is 0 Å². The predicted octanol–water partition coefficient (Wildman–Crippen LogP) is 3.38. The number of methoxy groups -OCH3 is 1. The third-order valence-electron chi connectivity index (χ3n) is 3.69. The molecule has 9 nitrogen and oxygen atoms in total. The molecular weight excluding hydrogens is 382 g/mol. The number of benzene rings is 2. The van der Waals surface area contributed by atoms with Crippen LogP contribution < -0.4 is 15.8 Å². The Kier molecular flexibility index (Phi) is 5.70. The summed E-state index contributed by atoms with van der Waals surface area (Å²) in [6.45, 7) is 0. The maximum Gasteiger partial charge on any atom is 0.269 e. The van der Waals surface area contributed by atoms with Gasteiger partial charge in [0.2, 0.25) is 0 Å². The van der Waals surface area contributed by atoms with Gasteiger partial charge in [0.05, 0.1) is 17.7 Å². The summed E-state index contributed by atoms with van der Waals surface area (Å²) >= 11 is 1.15. The number of rotatable bonds is 6. The molecule has 0 aliphatic carbocycles. The topological polar surface area (TPSA) is 133 Å². The van der Waals surface area contributed by atoms with Crippen molar-refractivity contribution in [1.82, 2.24) is 9.97 Å². The Hall–Kier alpha value is -3.66. The van der Waals surface area contributed by atoms with E-state index in [2.05, 4.69) is 15.3 Å². The van der Waals surface area contributed by atoms with Crippen LogP contribution in [0.4, 0.5) is 17.2 Å². The second-order valence-electron chi connectivity index (χ2n) is 5.45. The number of non-ortho nitro benzene ring substituents is 1. The van der Waals surface area contributed by atoms with Gasteiger partial charge in [-0.05, 0) is 24.3 Å². The van der Waals surface area contributed by atoms with Crippen LogP contribution >= 0.6 is 11.8 Å². The Labute approximate surface area is 164 Å². The first-order valence-corrected chi connectivity index (χ1v) is 8.78. The van der Waals surface area contributed by atoms with Crippen molar-refractivity contribution in [2.75, 3.05) is 18.2 Å². The third-order valence-corrected chi connectivity index (χ3v) is 4.70. The van der Waals surface area contributed by atoms with Crippen LogP contribution in [-0.4, -0.2) is 27.9 Å². The van der Waals surface area contributed by atoms with E-state index in [0.29, 0.717) is 21.4 Å². The van der Waals surface area contributed by atoms with Gasteiger partial charge in [-0.3, -0.25) is 14.9 Å². The standard InChI is InChI=1S/C18H15N5O4S/c1-27-14-5-3-2-4-13(14)22-17(24)15-16(19)20-10-21-18(15)28-12-8-6-11(7-9-12)23(25)26/h2-10H,1H3,(H,22,24)(H2,19,20,21). The van der Waals surface area contributed by atoms with Crippen molar-refractivity contribution in [3.8, 4) is 5.75 Å². The van der Waals surface area contributed by atoms with Gasteiger partial charge in [-0.25, -0.2) is 9.97 Å². The summed E-state index contributed by atoms with van der Waals surface area (Å²) in [4.78, 5) is 31.8. The van der Waals surface area contributed by atoms with Crippen LogP contribution in [0.1, 0.15) is 10.4 Å². The van der Waals surface area contributed by atoms with Crippen molar-refractivity contribution in [3.05, 3.63) is 70.5 Å². The number of nitro benzene ring substituents is 1. The largest absolute Gasteiger partial charge is 0.495 e. The molecule has 142 valence electrons. The van der Waals surface area contributed by atoms with Gasteiger partial charge in [0.15, 0.2) is 0 Å². The smallest absolute Gasteiger partial charge is 0.269 e. The lowest BCUT2D eigenvalue weighted by Crippen LogP contribution is -2.17. The Morgan fingerprint density at radius 1 is 1.18 bits per heavy atom. The van der Waals surface area contributed by atoms with E-state index < -0.39 is 10.8 Å². The van der Waals surface area contributed by atoms with Crippen LogP contribution in [0.25, 0.3) is 0 Å². The SMILES string of the molecule is COc1ccccc1NC(=O)c1c(N)ncnc1Sc1ccc([N+](=O)[O-])cc1. The summed E-state index contributed by atoms with van der Waals surface area (Å²) in [5.74, 6) is 0.0228. The van der Waals surface area contributed by atoms with E-state index >= 15 is 0 Å². The molecule has 0 aliphatic rings. The van der Waals surface area contributed by atoms with Crippen LogP contribution in [-0.2, 0) is 0 Å². The van der Waals surface area contributed by atoms with Crippen molar-refractivity contribution < 1.29 is 14.5 Å². The first-order chi connectivity index (χ1) is 13.5. The Bertz CT molecular complexity index is 1030. The van der Waals surface area contributed by atoms with E-state index in [0.717, 1.165) is 11.8 Å². The molecule has 0 saturated carbocycles. The normalized spacial score (nSPS) is 10.3. The first-order valence-electron chi connectivity index (χ1n) is 7.96. The summed E-state index contributed by atoms with van der Waals surface area (Å²) in [7, 11) is 1.50. The molecule has 0 bridgehead atoms. The molecule has 1 heterocycles. The molecule has 3 N–H and O–H groups in total. The number of anilines is 2. The van der Waals surface area contributed by atoms with Gasteiger partial charge >= 0.3 is 0 Å². The van der Waals surface area contributed by atoms with Crippen LogP contribution in [0.15, 0.2) is 64.8 Å². The molecule has 3 aromatic rings. The summed E-state index contributed by atoms with van der Waals surface area (Å²) in [6, 6.07) is 12.8. The fourth-order valence-electron chi connectivity index (χ4n) is 2.35. The number of nitrogens with one attached hydrogen (secondary N) is 1. The van der Waals surface area contributed by atoms with E-state index in [1.54, 1.807) is 36.4 Å². The fourth-order valence-corrected chi connectivity index (χ4v) is 3.25. The molecular formula is C18H15N5O4S. The molecule has 3 rings (SSSR count). The lowest BCUT2D eigenvalue weighted by atomic mass is 10.2. The van der Waals surface area contributed by atoms with Gasteiger partial charge in [0, 0.05) is 17.0 Å². The third kappa shape index (κ3) is 4.18. The number of nitrogens with zero attached hydrogens (tertiary/aromatic N) is 3. The fraction of sp³-hybridized carbons (Fsp3) is 0.0556. The highest BCUT2D eigenvalue weighted by atomic mass is 32.2. The average Bonchev–Trinajstić information content (AvgIpc) is 2.69. The van der Waals surface area contributed by atoms with Crippen LogP contribution in [0.3, 0.4) is 0 Å². The Balaban J connectivity index is 1.89. The second kappa shape index (κ2) is 8.35. The molecule has 0 spiro atoms. The van der Waals surface area contributed by atoms with Crippen molar-refractivity contribution >= 4 is 34.9 Å². The molecule has 0 aliphatic heterocycles. The monoisotopic (exact) mass is 397 g/mol. The van der Waals surface area contributed by atoms with Crippen molar-refractivity contribution in [1.29, 1.82) is 0 Å². The van der Waals surface area contributed by atoms with Crippen LogP contribution in [0.2, 0.25) is 0 Å². The molecule has 1 amide bonds. The van der Waals surface area contributed by atoms with Gasteiger partial charge in [0.25, 0.3) is 11.6 Å². The summed E-state index contributed by atoms with van der Waals surface area (Å²) < 4.78 is 5.23. The number of nitro groups is 1. The Morgan fingerprint density at radius 2 is 1.89 bits per heavy atom. The molecule has 10 heteroatoms. The zero-order valence-corrected chi connectivity index (χ0v) is 15.5. The number of carbonyl (C=O) groups excluding carboxylic acids is 1. The quantitative estimate of drug-likeness (QED) is 0.367. The van der Waals surface area contributed by atoms with Crippen LogP contribution in [0, 0.1) is 10.1 Å². The number of nitrogens with two attached hydrogens (primary N) is 1. The van der Waals surface area contributed by atoms with Gasteiger partial charge in [-0.15, -0.1) is 0 Å². The van der Waals surface area contributed by atoms with Gasteiger partial charge < -0.3 is 15.8 Å². The van der Waals surface area contributed by atoms with Gasteiger partial charge in [-0.1, -0.05) is 23.9 Å². The molecule has 0 fully saturated rings. The minimum atomic E-state index is -0.494. The zero-order chi connectivity index (χ0) is 20.1. The summed E-state index contributed by atoms with van der Waals surface area (Å²) in [6.07, 6.45) is 1.25. The van der Waals surface area contributed by atoms with E-state index in [1.807, 2.05) is 0 Å². The highest BCUT2D eigenvalue weighted by Crippen LogP contribution is 2.32. The predicted molar refractivity (Wildman–Crippen MR) is 105 cm³/mol. The number of hydrogen-bond donors (Lipinski definition) is 2. The maximum absolute atomic E-state index is 12.8. The molecule has 2 aromatic carbocycles. The van der Waals surface area contributed by atoms with Gasteiger partial charge in [0.1, 0.15) is 28.5 Å². The molecule has 0 radical (unpaired) electrons. The summed E-state index contributed by atoms with van der Waals surface area (Å²) in [5, 5.41) is 13.9. The number of nitrogen functional groups attached to an aromatic ring is 1. The minimum Gasteiger partial charge on any atom is -0.495 e. The molecule has 1 aromatic heterocycles. The average molecular weight is 397 g/mol. The van der Waals surface area contributed by atoms with Gasteiger partial charge in [-0.2, -0.15) is 0 Å². The number of aromatic nitrogens is 2. The van der Waals surface area contributed by atoms with Crippen molar-refractivity contribution in [3.63, 3.8) is 0 Å². The first kappa shape index (κ1) is 19.1. The Morgan fingerprint density at radius 3 is 2.57 bits per heavy atom. The van der Waals surface area contributed by atoms with E-state index in [9.17, 15) is 14.9 Å². The second-order valence-corrected chi connectivity index (χ2v) is 6.51. The lowest BCUT2D eigenvalue weighted by molar-refractivity contribution is -0.384. The highest BCUT2D eigenvalue weighted by Gasteiger charge is 2.20. The van der Waals surface area contributed by atoms with E-state index in [4.69, 9.17) is 10.5 Å². The number of carbonyl (C=O) groups is 1. The van der Waals surface area contributed by atoms with Crippen molar-refractivity contribution in [2.45, 2.75) is 9.92 Å².